The molecule has 154 valence electrons. The van der Waals surface area contributed by atoms with E-state index in [9.17, 15) is 20.2 Å². The van der Waals surface area contributed by atoms with E-state index in [1.165, 1.54) is 12.1 Å². The van der Waals surface area contributed by atoms with Gasteiger partial charge in [-0.05, 0) is 18.9 Å². The van der Waals surface area contributed by atoms with Gasteiger partial charge in [-0.2, -0.15) is 5.10 Å². The van der Waals surface area contributed by atoms with Gasteiger partial charge in [0.2, 0.25) is 4.91 Å². The maximum absolute atomic E-state index is 11.4. The molecule has 11 nitrogen and oxygen atoms in total. The lowest BCUT2D eigenvalue weighted by atomic mass is 9.76. The Morgan fingerprint density at radius 2 is 1.73 bits per heavy atom. The van der Waals surface area contributed by atoms with E-state index in [1.54, 1.807) is 0 Å². The van der Waals surface area contributed by atoms with Gasteiger partial charge < -0.3 is 0 Å². The van der Waals surface area contributed by atoms with Crippen molar-refractivity contribution in [3.05, 3.63) is 74.3 Å². The van der Waals surface area contributed by atoms with Crippen LogP contribution < -0.4 is 10.3 Å². The lowest BCUT2D eigenvalue weighted by Gasteiger charge is -2.29. The quantitative estimate of drug-likeness (QED) is 0.224. The summed E-state index contributed by atoms with van der Waals surface area (Å²) in [4.78, 5) is 24.3. The third-order valence-electron chi connectivity index (χ3n) is 5.09. The summed E-state index contributed by atoms with van der Waals surface area (Å²) in [6, 6.07) is 12.5. The number of hydrogen-bond acceptors (Lipinski definition) is 8. The third-order valence-corrected chi connectivity index (χ3v) is 5.09. The molecule has 30 heavy (non-hydrogen) atoms. The second kappa shape index (κ2) is 9.01. The van der Waals surface area contributed by atoms with Crippen molar-refractivity contribution < 1.29 is 9.85 Å². The Labute approximate surface area is 171 Å². The minimum absolute atomic E-state index is 0.0211. The lowest BCUT2D eigenvalue weighted by molar-refractivity contribution is -0.393. The van der Waals surface area contributed by atoms with Crippen LogP contribution in [-0.2, 0) is 0 Å². The van der Waals surface area contributed by atoms with Crippen LogP contribution in [-0.4, -0.2) is 21.1 Å². The Kier molecular flexibility index (Phi) is 6.23. The molecule has 0 spiro atoms. The van der Waals surface area contributed by atoms with E-state index < -0.39 is 21.1 Å². The summed E-state index contributed by atoms with van der Waals surface area (Å²) in [6.45, 7) is 0. The normalized spacial score (nSPS) is 15.7. The van der Waals surface area contributed by atoms with E-state index in [-0.39, 0.29) is 11.4 Å². The molecule has 0 aliphatic heterocycles. The van der Waals surface area contributed by atoms with Crippen molar-refractivity contribution in [3.8, 4) is 0 Å². The highest BCUT2D eigenvalue weighted by Gasteiger charge is 2.43. The molecule has 0 unspecified atom stereocenters. The van der Waals surface area contributed by atoms with E-state index in [4.69, 9.17) is 5.53 Å². The highest BCUT2D eigenvalue weighted by atomic mass is 16.6. The van der Waals surface area contributed by atoms with Gasteiger partial charge in [-0.25, -0.2) is 0 Å². The molecule has 11 heteroatoms. The number of benzene rings is 2. The molecule has 2 aromatic carbocycles. The zero-order valence-electron chi connectivity index (χ0n) is 16.0. The van der Waals surface area contributed by atoms with Crippen molar-refractivity contribution in [2.75, 3.05) is 5.43 Å². The van der Waals surface area contributed by atoms with Crippen molar-refractivity contribution in [3.63, 3.8) is 0 Å². The summed E-state index contributed by atoms with van der Waals surface area (Å²) >= 11 is 0. The first kappa shape index (κ1) is 20.7. The molecule has 1 aliphatic carbocycles. The number of nitro benzene ring substituents is 2. The fourth-order valence-electron chi connectivity index (χ4n) is 3.65. The predicted octanol–water partition coefficient (Wildman–Crippen LogP) is 4.57. The number of anilines is 1. The van der Waals surface area contributed by atoms with Gasteiger partial charge in [0, 0.05) is 11.6 Å². The first-order valence-electron chi connectivity index (χ1n) is 9.38. The zero-order valence-corrected chi connectivity index (χ0v) is 16.0. The number of non-ortho nitro benzene ring substituents is 1. The van der Waals surface area contributed by atoms with Crippen molar-refractivity contribution in [1.82, 2.24) is 4.91 Å². The average Bonchev–Trinajstić information content (AvgIpc) is 2.75. The molecule has 0 aromatic heterocycles. The van der Waals surface area contributed by atoms with Gasteiger partial charge in [0.05, 0.1) is 15.9 Å². The molecule has 3 rings (SSSR count). The highest BCUT2D eigenvalue weighted by molar-refractivity contribution is 6.08. The Morgan fingerprint density at radius 3 is 2.33 bits per heavy atom. The molecule has 0 saturated heterocycles. The Bertz CT molecular complexity index is 1030. The smallest absolute Gasteiger partial charge is 0.271 e. The van der Waals surface area contributed by atoms with Gasteiger partial charge >= 0.3 is 5.69 Å². The second-order valence-corrected chi connectivity index (χ2v) is 6.95. The molecule has 0 atom stereocenters. The number of hydrazone groups is 1. The van der Waals surface area contributed by atoms with E-state index in [1.807, 2.05) is 30.3 Å². The van der Waals surface area contributed by atoms with Gasteiger partial charge in [0.25, 0.3) is 5.69 Å². The summed E-state index contributed by atoms with van der Waals surface area (Å²) in [5, 5.41) is 31.0. The Balaban J connectivity index is 2.08. The van der Waals surface area contributed by atoms with Crippen LogP contribution in [0.25, 0.3) is 0 Å². The summed E-state index contributed by atoms with van der Waals surface area (Å²) in [5.41, 5.74) is 9.64. The number of rotatable bonds is 7. The van der Waals surface area contributed by atoms with Crippen molar-refractivity contribution in [2.24, 2.45) is 10.2 Å². The third kappa shape index (κ3) is 4.36. The molecule has 0 heterocycles. The Hall–Kier alpha value is -3.98. The van der Waals surface area contributed by atoms with Gasteiger partial charge in [0.15, 0.2) is 5.54 Å². The molecule has 0 amide bonds. The van der Waals surface area contributed by atoms with Crippen LogP contribution in [0.5, 0.6) is 0 Å². The second-order valence-electron chi connectivity index (χ2n) is 6.95. The summed E-state index contributed by atoms with van der Waals surface area (Å²) in [6.07, 6.45) is 4.12. The van der Waals surface area contributed by atoms with Gasteiger partial charge in [-0.1, -0.05) is 49.6 Å². The summed E-state index contributed by atoms with van der Waals surface area (Å²) in [5.74, 6) is 0. The van der Waals surface area contributed by atoms with Crippen LogP contribution in [0.3, 0.4) is 0 Å². The maximum atomic E-state index is 11.4. The van der Waals surface area contributed by atoms with Gasteiger partial charge in [0.1, 0.15) is 22.0 Å². The molecular formula is C19H20N7O4+. The van der Waals surface area contributed by atoms with Crippen molar-refractivity contribution in [2.45, 2.75) is 37.6 Å². The van der Waals surface area contributed by atoms with Crippen molar-refractivity contribution in [1.29, 1.82) is 5.53 Å². The zero-order chi connectivity index (χ0) is 21.6. The van der Waals surface area contributed by atoms with Crippen molar-refractivity contribution >= 4 is 22.8 Å². The molecule has 2 N–H and O–H groups in total. The standard InChI is InChI=1S/C19H20N7O4/c20-24-23-19(11-5-2-6-12-19)18(14-7-3-1-4-8-14)22-21-16-10-9-15(25(27)28)13-17(16)26(29)30/h1,3-4,7-10,13,20-21H,2,5-6,11-12H2/q+1/b22-18+. The average molecular weight is 410 g/mol. The summed E-state index contributed by atoms with van der Waals surface area (Å²) < 4.78 is 0. The van der Waals surface area contributed by atoms with Crippen LogP contribution in [0.2, 0.25) is 0 Å². The van der Waals surface area contributed by atoms with E-state index in [2.05, 4.69) is 20.6 Å². The van der Waals surface area contributed by atoms with Crippen LogP contribution in [0.4, 0.5) is 17.1 Å². The minimum Gasteiger partial charge on any atom is -0.271 e. The molecule has 2 aromatic rings. The number of nitrogens with one attached hydrogen (secondary N) is 2. The highest BCUT2D eigenvalue weighted by Crippen LogP contribution is 2.36. The molecule has 0 radical (unpaired) electrons. The molecule has 1 aliphatic rings. The number of hydrogen-bond donors (Lipinski definition) is 2. The van der Waals surface area contributed by atoms with Gasteiger partial charge in [-0.15, -0.1) is 0 Å². The lowest BCUT2D eigenvalue weighted by Crippen LogP contribution is -2.40. The molecule has 0 bridgehead atoms. The van der Waals surface area contributed by atoms with E-state index >= 15 is 0 Å². The first-order chi connectivity index (χ1) is 14.5. The monoisotopic (exact) mass is 410 g/mol. The maximum Gasteiger partial charge on any atom is 0.301 e. The fraction of sp³-hybridized carbons (Fsp3) is 0.316. The van der Waals surface area contributed by atoms with E-state index in [0.717, 1.165) is 30.9 Å². The van der Waals surface area contributed by atoms with Gasteiger partial charge in [-0.3, -0.25) is 25.7 Å². The molecule has 1 saturated carbocycles. The molecule has 1 fully saturated rings. The summed E-state index contributed by atoms with van der Waals surface area (Å²) in [7, 11) is 0. The Morgan fingerprint density at radius 1 is 1.03 bits per heavy atom. The number of nitro groups is 2. The van der Waals surface area contributed by atoms with Crippen LogP contribution in [0, 0.1) is 25.8 Å². The van der Waals surface area contributed by atoms with E-state index in [0.29, 0.717) is 18.6 Å². The minimum atomic E-state index is -0.816. The van der Waals surface area contributed by atoms with Crippen LogP contribution >= 0.6 is 0 Å². The molecular weight excluding hydrogens is 390 g/mol. The fourth-order valence-corrected chi connectivity index (χ4v) is 3.65. The van der Waals surface area contributed by atoms with Crippen LogP contribution in [0.15, 0.2) is 58.7 Å². The predicted molar refractivity (Wildman–Crippen MR) is 109 cm³/mol. The van der Waals surface area contributed by atoms with Crippen LogP contribution in [0.1, 0.15) is 37.7 Å². The first-order valence-corrected chi connectivity index (χ1v) is 9.38. The largest absolute Gasteiger partial charge is 0.301 e. The SMILES string of the molecule is N=[N+]=NC1(/C(=N/Nc2ccc([N+](=O)[O-])cc2[N+](=O)[O-])c2ccccc2)CCCCC1. The topological polar surface area (TPSA) is 161 Å². The number of nitrogens with zero attached hydrogens (tertiary/aromatic N) is 5.